The molecule has 3 nitrogen and oxygen atoms in total. The highest BCUT2D eigenvalue weighted by Crippen LogP contribution is 2.20. The molecule has 1 amide bonds. The topological polar surface area (TPSA) is 40.5 Å². The number of hydrogen-bond acceptors (Lipinski definition) is 2. The van der Waals surface area contributed by atoms with Gasteiger partial charge in [-0.2, -0.15) is 0 Å². The van der Waals surface area contributed by atoms with Crippen molar-refractivity contribution in [3.8, 4) is 0 Å². The average Bonchev–Trinajstić information content (AvgIpc) is 2.24. The van der Waals surface area contributed by atoms with Crippen LogP contribution in [0.3, 0.4) is 0 Å². The van der Waals surface area contributed by atoms with Gasteiger partial charge in [-0.15, -0.1) is 0 Å². The zero-order valence-electron chi connectivity index (χ0n) is 10.2. The highest BCUT2D eigenvalue weighted by Gasteiger charge is 2.38. The molecule has 0 aliphatic carbocycles. The quantitative estimate of drug-likeness (QED) is 0.785. The normalized spacial score (nSPS) is 18.2. The number of aryl methyl sites for hydroxylation is 1. The first-order chi connectivity index (χ1) is 7.98. The number of amides is 1. The molecule has 1 aliphatic heterocycles. The first-order valence-corrected chi connectivity index (χ1v) is 5.73. The van der Waals surface area contributed by atoms with E-state index in [1.165, 1.54) is 0 Å². The van der Waals surface area contributed by atoms with E-state index in [2.05, 4.69) is 0 Å². The van der Waals surface area contributed by atoms with Crippen molar-refractivity contribution in [1.82, 2.24) is 4.90 Å². The van der Waals surface area contributed by atoms with Crippen LogP contribution in [0.25, 0.3) is 6.08 Å². The van der Waals surface area contributed by atoms with Crippen molar-refractivity contribution >= 4 is 12.0 Å². The summed E-state index contributed by atoms with van der Waals surface area (Å²) in [5.74, 6) is -0.0419. The monoisotopic (exact) mass is 231 g/mol. The number of benzene rings is 1. The van der Waals surface area contributed by atoms with Crippen LogP contribution in [0.15, 0.2) is 30.3 Å². The molecule has 0 aromatic heterocycles. The SMILES string of the molecule is Cc1ccccc1C=CC(=O)N1CC(C)(O)C1. The predicted octanol–water partition coefficient (Wildman–Crippen LogP) is 1.60. The van der Waals surface area contributed by atoms with Crippen LogP contribution in [-0.4, -0.2) is 34.6 Å². The summed E-state index contributed by atoms with van der Waals surface area (Å²) in [7, 11) is 0. The predicted molar refractivity (Wildman–Crippen MR) is 67.4 cm³/mol. The lowest BCUT2D eigenvalue weighted by molar-refractivity contribution is -0.146. The maximum absolute atomic E-state index is 11.7. The molecule has 1 fully saturated rings. The van der Waals surface area contributed by atoms with Crippen LogP contribution in [0.5, 0.6) is 0 Å². The number of aliphatic hydroxyl groups is 1. The van der Waals surface area contributed by atoms with E-state index < -0.39 is 5.60 Å². The van der Waals surface area contributed by atoms with Crippen LogP contribution in [0.2, 0.25) is 0 Å². The van der Waals surface area contributed by atoms with Crippen molar-refractivity contribution < 1.29 is 9.90 Å². The van der Waals surface area contributed by atoms with E-state index in [1.807, 2.05) is 37.3 Å². The van der Waals surface area contributed by atoms with Gasteiger partial charge < -0.3 is 10.0 Å². The van der Waals surface area contributed by atoms with Crippen molar-refractivity contribution in [2.24, 2.45) is 0 Å². The Labute approximate surface area is 101 Å². The zero-order chi connectivity index (χ0) is 12.5. The van der Waals surface area contributed by atoms with Crippen molar-refractivity contribution in [1.29, 1.82) is 0 Å². The largest absolute Gasteiger partial charge is 0.386 e. The third-order valence-corrected chi connectivity index (χ3v) is 2.97. The van der Waals surface area contributed by atoms with Crippen molar-refractivity contribution in [3.05, 3.63) is 41.5 Å². The molecule has 1 heterocycles. The van der Waals surface area contributed by atoms with E-state index in [0.29, 0.717) is 13.1 Å². The second-order valence-corrected chi connectivity index (χ2v) is 4.88. The Balaban J connectivity index is 1.98. The molecule has 1 saturated heterocycles. The average molecular weight is 231 g/mol. The van der Waals surface area contributed by atoms with Gasteiger partial charge in [0.15, 0.2) is 0 Å². The standard InChI is InChI=1S/C14H17NO2/c1-11-5-3-4-6-12(11)7-8-13(16)15-9-14(2,17)10-15/h3-8,17H,9-10H2,1-2H3. The summed E-state index contributed by atoms with van der Waals surface area (Å²) in [4.78, 5) is 13.4. The van der Waals surface area contributed by atoms with Gasteiger partial charge in [0.2, 0.25) is 5.91 Å². The number of nitrogens with zero attached hydrogens (tertiary/aromatic N) is 1. The number of β-amino-alcohol motifs (C(OH)–C–C–N with tert-alkyl or cyclic N) is 1. The van der Waals surface area contributed by atoms with Gasteiger partial charge in [-0.25, -0.2) is 0 Å². The maximum Gasteiger partial charge on any atom is 0.246 e. The van der Waals surface area contributed by atoms with E-state index in [0.717, 1.165) is 11.1 Å². The fourth-order valence-electron chi connectivity index (χ4n) is 1.97. The Morgan fingerprint density at radius 1 is 1.41 bits per heavy atom. The fraction of sp³-hybridized carbons (Fsp3) is 0.357. The molecular formula is C14H17NO2. The van der Waals surface area contributed by atoms with E-state index in [-0.39, 0.29) is 5.91 Å². The summed E-state index contributed by atoms with van der Waals surface area (Å²) in [6.07, 6.45) is 3.39. The minimum absolute atomic E-state index is 0.0419. The van der Waals surface area contributed by atoms with Gasteiger partial charge in [0.1, 0.15) is 0 Å². The molecule has 0 spiro atoms. The van der Waals surface area contributed by atoms with Crippen LogP contribution in [0, 0.1) is 6.92 Å². The molecule has 0 unspecified atom stereocenters. The molecule has 17 heavy (non-hydrogen) atoms. The van der Waals surface area contributed by atoms with Gasteiger partial charge in [-0.3, -0.25) is 4.79 Å². The van der Waals surface area contributed by atoms with E-state index in [4.69, 9.17) is 0 Å². The van der Waals surface area contributed by atoms with Gasteiger partial charge >= 0.3 is 0 Å². The molecule has 2 rings (SSSR count). The van der Waals surface area contributed by atoms with Crippen LogP contribution in [0.1, 0.15) is 18.1 Å². The van der Waals surface area contributed by atoms with Crippen molar-refractivity contribution in [2.75, 3.05) is 13.1 Å². The van der Waals surface area contributed by atoms with Gasteiger partial charge in [0.05, 0.1) is 18.7 Å². The third kappa shape index (κ3) is 2.74. The number of carbonyl (C=O) groups is 1. The Kier molecular flexibility index (Phi) is 3.03. The van der Waals surface area contributed by atoms with Crippen LogP contribution < -0.4 is 0 Å². The highest BCUT2D eigenvalue weighted by molar-refractivity contribution is 5.92. The number of hydrogen-bond donors (Lipinski definition) is 1. The van der Waals surface area contributed by atoms with Gasteiger partial charge in [-0.05, 0) is 31.1 Å². The summed E-state index contributed by atoms with van der Waals surface area (Å²) in [5.41, 5.74) is 1.49. The maximum atomic E-state index is 11.7. The minimum atomic E-state index is -0.702. The lowest BCUT2D eigenvalue weighted by Crippen LogP contribution is -2.61. The Hall–Kier alpha value is -1.61. The van der Waals surface area contributed by atoms with Gasteiger partial charge in [0, 0.05) is 6.08 Å². The molecule has 0 atom stereocenters. The number of carbonyl (C=O) groups excluding carboxylic acids is 1. The second-order valence-electron chi connectivity index (χ2n) is 4.88. The molecule has 3 heteroatoms. The van der Waals surface area contributed by atoms with Crippen LogP contribution in [0.4, 0.5) is 0 Å². The fourth-order valence-corrected chi connectivity index (χ4v) is 1.97. The van der Waals surface area contributed by atoms with Gasteiger partial charge in [-0.1, -0.05) is 24.3 Å². The summed E-state index contributed by atoms with van der Waals surface area (Å²) >= 11 is 0. The lowest BCUT2D eigenvalue weighted by Gasteiger charge is -2.43. The molecule has 0 saturated carbocycles. The second kappa shape index (κ2) is 4.34. The smallest absolute Gasteiger partial charge is 0.246 e. The molecule has 90 valence electrons. The van der Waals surface area contributed by atoms with E-state index in [1.54, 1.807) is 17.9 Å². The third-order valence-electron chi connectivity index (χ3n) is 2.97. The molecule has 0 radical (unpaired) electrons. The Morgan fingerprint density at radius 2 is 2.06 bits per heavy atom. The first kappa shape index (κ1) is 11.9. The Morgan fingerprint density at radius 3 is 2.65 bits per heavy atom. The van der Waals surface area contributed by atoms with Crippen molar-refractivity contribution in [2.45, 2.75) is 19.4 Å². The van der Waals surface area contributed by atoms with Crippen LogP contribution in [-0.2, 0) is 4.79 Å². The van der Waals surface area contributed by atoms with E-state index >= 15 is 0 Å². The number of likely N-dealkylation sites (tertiary alicyclic amines) is 1. The summed E-state index contributed by atoms with van der Waals surface area (Å²) < 4.78 is 0. The molecule has 1 aromatic rings. The summed E-state index contributed by atoms with van der Waals surface area (Å²) in [6.45, 7) is 4.59. The summed E-state index contributed by atoms with van der Waals surface area (Å²) in [6, 6.07) is 7.91. The molecule has 1 N–H and O–H groups in total. The zero-order valence-corrected chi connectivity index (χ0v) is 10.2. The van der Waals surface area contributed by atoms with Crippen molar-refractivity contribution in [3.63, 3.8) is 0 Å². The highest BCUT2D eigenvalue weighted by atomic mass is 16.3. The first-order valence-electron chi connectivity index (χ1n) is 5.73. The van der Waals surface area contributed by atoms with E-state index in [9.17, 15) is 9.90 Å². The van der Waals surface area contributed by atoms with Gasteiger partial charge in [0.25, 0.3) is 0 Å². The molecular weight excluding hydrogens is 214 g/mol. The molecule has 0 bridgehead atoms. The molecule has 1 aromatic carbocycles. The number of rotatable bonds is 2. The minimum Gasteiger partial charge on any atom is -0.386 e. The lowest BCUT2D eigenvalue weighted by atomic mass is 9.97. The summed E-state index contributed by atoms with van der Waals surface area (Å²) in [5, 5.41) is 9.54. The Bertz CT molecular complexity index is 455. The molecule has 1 aliphatic rings. The van der Waals surface area contributed by atoms with Crippen LogP contribution >= 0.6 is 0 Å².